The lowest BCUT2D eigenvalue weighted by atomic mass is 10.0. The molecule has 1 saturated heterocycles. The van der Waals surface area contributed by atoms with E-state index in [9.17, 15) is 10.1 Å². The van der Waals surface area contributed by atoms with Crippen LogP contribution in [-0.2, 0) is 9.53 Å². The standard InChI is InChI=1S/C21H21N3O3/c22-13-17-11-15(3-4-19(17)27-18-6-9-26-10-7-18)16-5-8-23-20(12-16)24-21(25)14-1-2-14/h3-5,8,11-12,14,18H,1-2,6-7,9-10H2,(H,23,24,25). The molecule has 6 nitrogen and oxygen atoms in total. The molecule has 2 fully saturated rings. The summed E-state index contributed by atoms with van der Waals surface area (Å²) in [6, 6.07) is 11.5. The number of nitriles is 1. The highest BCUT2D eigenvalue weighted by molar-refractivity contribution is 5.93. The average molecular weight is 363 g/mol. The predicted molar refractivity (Wildman–Crippen MR) is 100 cm³/mol. The summed E-state index contributed by atoms with van der Waals surface area (Å²) in [6.07, 6.45) is 5.32. The predicted octanol–water partition coefficient (Wildman–Crippen LogP) is 3.53. The summed E-state index contributed by atoms with van der Waals surface area (Å²) >= 11 is 0. The van der Waals surface area contributed by atoms with Gasteiger partial charge < -0.3 is 14.8 Å². The summed E-state index contributed by atoms with van der Waals surface area (Å²) < 4.78 is 11.4. The number of amides is 1. The van der Waals surface area contributed by atoms with Gasteiger partial charge in [-0.1, -0.05) is 6.07 Å². The minimum atomic E-state index is 0.0255. The Labute approximate surface area is 158 Å². The SMILES string of the molecule is N#Cc1cc(-c2ccnc(NC(=O)C3CC3)c2)ccc1OC1CCOCC1. The molecule has 138 valence electrons. The zero-order valence-electron chi connectivity index (χ0n) is 15.0. The second kappa shape index (κ2) is 7.77. The number of carbonyl (C=O) groups excluding carboxylic acids is 1. The molecule has 1 N–H and O–H groups in total. The molecular formula is C21H21N3O3. The normalized spacial score (nSPS) is 17.1. The van der Waals surface area contributed by atoms with E-state index in [1.807, 2.05) is 30.3 Å². The van der Waals surface area contributed by atoms with E-state index in [-0.39, 0.29) is 17.9 Å². The first-order valence-corrected chi connectivity index (χ1v) is 9.29. The van der Waals surface area contributed by atoms with Crippen molar-refractivity contribution in [3.8, 4) is 22.9 Å². The largest absolute Gasteiger partial charge is 0.489 e. The minimum absolute atomic E-state index is 0.0255. The smallest absolute Gasteiger partial charge is 0.228 e. The topological polar surface area (TPSA) is 84.2 Å². The van der Waals surface area contributed by atoms with E-state index >= 15 is 0 Å². The molecule has 2 aromatic rings. The van der Waals surface area contributed by atoms with Crippen molar-refractivity contribution in [1.82, 2.24) is 4.98 Å². The van der Waals surface area contributed by atoms with Crippen molar-refractivity contribution in [2.24, 2.45) is 5.92 Å². The van der Waals surface area contributed by atoms with Crippen LogP contribution in [0.5, 0.6) is 5.75 Å². The van der Waals surface area contributed by atoms with Crippen LogP contribution < -0.4 is 10.1 Å². The van der Waals surface area contributed by atoms with Crippen molar-refractivity contribution < 1.29 is 14.3 Å². The summed E-state index contributed by atoms with van der Waals surface area (Å²) in [5, 5.41) is 12.4. The Bertz CT molecular complexity index is 880. The molecule has 1 aromatic heterocycles. The minimum Gasteiger partial charge on any atom is -0.489 e. The van der Waals surface area contributed by atoms with Gasteiger partial charge in [0.2, 0.25) is 5.91 Å². The van der Waals surface area contributed by atoms with Crippen molar-refractivity contribution in [1.29, 1.82) is 5.26 Å². The van der Waals surface area contributed by atoms with Crippen molar-refractivity contribution in [2.75, 3.05) is 18.5 Å². The molecule has 1 amide bonds. The van der Waals surface area contributed by atoms with Crippen LogP contribution in [0.1, 0.15) is 31.2 Å². The van der Waals surface area contributed by atoms with Gasteiger partial charge in [-0.25, -0.2) is 4.98 Å². The molecule has 1 aromatic carbocycles. The van der Waals surface area contributed by atoms with Gasteiger partial charge in [-0.15, -0.1) is 0 Å². The Morgan fingerprint density at radius 1 is 1.15 bits per heavy atom. The van der Waals surface area contributed by atoms with E-state index in [0.717, 1.165) is 36.8 Å². The van der Waals surface area contributed by atoms with Crippen LogP contribution in [0, 0.1) is 17.2 Å². The number of hydrogen-bond donors (Lipinski definition) is 1. The van der Waals surface area contributed by atoms with Gasteiger partial charge in [0.05, 0.1) is 18.8 Å². The van der Waals surface area contributed by atoms with Gasteiger partial charge in [0.25, 0.3) is 0 Å². The maximum atomic E-state index is 11.9. The van der Waals surface area contributed by atoms with Crippen LogP contribution in [0.3, 0.4) is 0 Å². The van der Waals surface area contributed by atoms with E-state index < -0.39 is 0 Å². The number of rotatable bonds is 5. The average Bonchev–Trinajstić information content (AvgIpc) is 3.55. The van der Waals surface area contributed by atoms with E-state index in [1.165, 1.54) is 0 Å². The van der Waals surface area contributed by atoms with Gasteiger partial charge in [-0.2, -0.15) is 5.26 Å². The van der Waals surface area contributed by atoms with Crippen LogP contribution in [-0.4, -0.2) is 30.2 Å². The number of pyridine rings is 1. The fourth-order valence-electron chi connectivity index (χ4n) is 3.13. The van der Waals surface area contributed by atoms with Crippen molar-refractivity contribution in [3.05, 3.63) is 42.1 Å². The van der Waals surface area contributed by atoms with Crippen molar-refractivity contribution in [3.63, 3.8) is 0 Å². The summed E-state index contributed by atoms with van der Waals surface area (Å²) in [6.45, 7) is 1.38. The van der Waals surface area contributed by atoms with Crippen molar-refractivity contribution in [2.45, 2.75) is 31.8 Å². The number of anilines is 1. The molecule has 6 heteroatoms. The van der Waals surface area contributed by atoms with Crippen molar-refractivity contribution >= 4 is 11.7 Å². The van der Waals surface area contributed by atoms with Crippen LogP contribution in [0.25, 0.3) is 11.1 Å². The van der Waals surface area contributed by atoms with E-state index in [0.29, 0.717) is 30.3 Å². The highest BCUT2D eigenvalue weighted by Gasteiger charge is 2.29. The van der Waals surface area contributed by atoms with Gasteiger partial charge in [-0.05, 0) is 48.2 Å². The monoisotopic (exact) mass is 363 g/mol. The quantitative estimate of drug-likeness (QED) is 0.878. The third-order valence-corrected chi connectivity index (χ3v) is 4.85. The summed E-state index contributed by atoms with van der Waals surface area (Å²) in [5.41, 5.74) is 2.28. The van der Waals surface area contributed by atoms with Gasteiger partial charge in [-0.3, -0.25) is 4.79 Å². The second-order valence-corrected chi connectivity index (χ2v) is 6.95. The zero-order valence-corrected chi connectivity index (χ0v) is 15.0. The van der Waals surface area contributed by atoms with Crippen LogP contribution in [0.2, 0.25) is 0 Å². The molecule has 2 aliphatic rings. The molecule has 1 aliphatic carbocycles. The van der Waals surface area contributed by atoms with Gasteiger partial charge in [0, 0.05) is 25.0 Å². The van der Waals surface area contributed by atoms with Crippen LogP contribution in [0.4, 0.5) is 5.82 Å². The summed E-state index contributed by atoms with van der Waals surface area (Å²) in [4.78, 5) is 16.2. The van der Waals surface area contributed by atoms with Gasteiger partial charge in [0.15, 0.2) is 0 Å². The first-order chi connectivity index (χ1) is 13.2. The molecule has 0 bridgehead atoms. The molecule has 0 radical (unpaired) electrons. The van der Waals surface area contributed by atoms with E-state index in [1.54, 1.807) is 6.20 Å². The molecule has 27 heavy (non-hydrogen) atoms. The number of carbonyl (C=O) groups is 1. The van der Waals surface area contributed by atoms with E-state index in [2.05, 4.69) is 16.4 Å². The fourth-order valence-corrected chi connectivity index (χ4v) is 3.13. The third kappa shape index (κ3) is 4.26. The molecule has 0 unspecified atom stereocenters. The van der Waals surface area contributed by atoms with Crippen LogP contribution in [0.15, 0.2) is 36.5 Å². The molecule has 0 spiro atoms. The molecular weight excluding hydrogens is 342 g/mol. The first-order valence-electron chi connectivity index (χ1n) is 9.29. The number of nitrogens with one attached hydrogen (secondary N) is 1. The number of hydrogen-bond acceptors (Lipinski definition) is 5. The van der Waals surface area contributed by atoms with E-state index in [4.69, 9.17) is 9.47 Å². The zero-order chi connectivity index (χ0) is 18.6. The third-order valence-electron chi connectivity index (χ3n) is 4.85. The Hall–Kier alpha value is -2.91. The molecule has 1 aliphatic heterocycles. The van der Waals surface area contributed by atoms with Gasteiger partial charge >= 0.3 is 0 Å². The van der Waals surface area contributed by atoms with Gasteiger partial charge in [0.1, 0.15) is 23.7 Å². The summed E-state index contributed by atoms with van der Waals surface area (Å²) in [7, 11) is 0. The number of aromatic nitrogens is 1. The number of benzene rings is 1. The maximum absolute atomic E-state index is 11.9. The Balaban J connectivity index is 1.53. The maximum Gasteiger partial charge on any atom is 0.228 e. The molecule has 4 rings (SSSR count). The lowest BCUT2D eigenvalue weighted by Gasteiger charge is -2.23. The number of nitrogens with zero attached hydrogens (tertiary/aromatic N) is 2. The first kappa shape index (κ1) is 17.5. The Morgan fingerprint density at radius 3 is 2.67 bits per heavy atom. The lowest BCUT2D eigenvalue weighted by molar-refractivity contribution is -0.117. The molecule has 2 heterocycles. The number of ether oxygens (including phenoxy) is 2. The highest BCUT2D eigenvalue weighted by Crippen LogP contribution is 2.31. The second-order valence-electron chi connectivity index (χ2n) is 6.95. The summed E-state index contributed by atoms with van der Waals surface area (Å²) in [5.74, 6) is 1.29. The lowest BCUT2D eigenvalue weighted by Crippen LogP contribution is -2.26. The van der Waals surface area contributed by atoms with Crippen LogP contribution >= 0.6 is 0 Å². The molecule has 1 saturated carbocycles. The Morgan fingerprint density at radius 2 is 1.93 bits per heavy atom. The molecule has 0 atom stereocenters. The Kier molecular flexibility index (Phi) is 5.03. The fraction of sp³-hybridized carbons (Fsp3) is 0.381. The highest BCUT2D eigenvalue weighted by atomic mass is 16.5.